The van der Waals surface area contributed by atoms with Crippen molar-refractivity contribution in [1.82, 2.24) is 5.32 Å². The number of hydrogen-bond donors (Lipinski definition) is 2. The molecule has 6 heteroatoms. The van der Waals surface area contributed by atoms with E-state index in [2.05, 4.69) is 37.2 Å². The number of aliphatic carboxylic acids is 1. The SMILES string of the molecule is CCC(C)NC(C(=O)O)c1cc(Br)c(Br)s1. The van der Waals surface area contributed by atoms with E-state index in [9.17, 15) is 9.90 Å². The lowest BCUT2D eigenvalue weighted by molar-refractivity contribution is -0.139. The number of rotatable bonds is 5. The van der Waals surface area contributed by atoms with Crippen molar-refractivity contribution in [2.45, 2.75) is 32.4 Å². The molecule has 16 heavy (non-hydrogen) atoms. The van der Waals surface area contributed by atoms with Crippen molar-refractivity contribution < 1.29 is 9.90 Å². The van der Waals surface area contributed by atoms with Crippen LogP contribution in [-0.2, 0) is 4.79 Å². The van der Waals surface area contributed by atoms with Crippen molar-refractivity contribution in [2.75, 3.05) is 0 Å². The van der Waals surface area contributed by atoms with Crippen molar-refractivity contribution in [2.24, 2.45) is 0 Å². The Morgan fingerprint density at radius 3 is 2.62 bits per heavy atom. The second-order valence-electron chi connectivity index (χ2n) is 3.52. The van der Waals surface area contributed by atoms with Crippen LogP contribution >= 0.6 is 43.2 Å². The first-order chi connectivity index (χ1) is 7.45. The predicted octanol–water partition coefficient (Wildman–Crippen LogP) is 3.79. The minimum atomic E-state index is -0.846. The van der Waals surface area contributed by atoms with Crippen LogP contribution in [0.3, 0.4) is 0 Å². The van der Waals surface area contributed by atoms with Gasteiger partial charge in [-0.1, -0.05) is 6.92 Å². The Bertz CT molecular complexity index is 361. The van der Waals surface area contributed by atoms with Gasteiger partial charge in [0, 0.05) is 15.4 Å². The van der Waals surface area contributed by atoms with Crippen LogP contribution in [0.15, 0.2) is 14.3 Å². The molecule has 0 fully saturated rings. The number of thiophene rings is 1. The fraction of sp³-hybridized carbons (Fsp3) is 0.500. The highest BCUT2D eigenvalue weighted by atomic mass is 79.9. The molecule has 2 unspecified atom stereocenters. The molecule has 2 N–H and O–H groups in total. The van der Waals surface area contributed by atoms with E-state index < -0.39 is 12.0 Å². The minimum absolute atomic E-state index is 0.181. The maximum absolute atomic E-state index is 11.2. The standard InChI is InChI=1S/C10H13Br2NO2S/c1-3-5(2)13-8(10(14)15)7-4-6(11)9(12)16-7/h4-5,8,13H,3H2,1-2H3,(H,14,15). The van der Waals surface area contributed by atoms with Crippen LogP contribution in [0, 0.1) is 0 Å². The summed E-state index contributed by atoms with van der Waals surface area (Å²) < 4.78 is 1.81. The average molecular weight is 371 g/mol. The molecule has 0 aliphatic rings. The van der Waals surface area contributed by atoms with Gasteiger partial charge in [-0.3, -0.25) is 10.1 Å². The summed E-state index contributed by atoms with van der Waals surface area (Å²) in [4.78, 5) is 12.0. The van der Waals surface area contributed by atoms with Crippen molar-refractivity contribution in [3.05, 3.63) is 19.2 Å². The molecular formula is C10H13Br2NO2S. The highest BCUT2D eigenvalue weighted by molar-refractivity contribution is 9.13. The Kier molecular flexibility index (Phi) is 5.43. The lowest BCUT2D eigenvalue weighted by Gasteiger charge is -2.17. The van der Waals surface area contributed by atoms with Crippen LogP contribution in [0.25, 0.3) is 0 Å². The first-order valence-electron chi connectivity index (χ1n) is 4.89. The van der Waals surface area contributed by atoms with Crippen LogP contribution < -0.4 is 5.32 Å². The molecule has 0 radical (unpaired) electrons. The Hall–Kier alpha value is 0.0900. The van der Waals surface area contributed by atoms with Gasteiger partial charge in [-0.05, 0) is 51.3 Å². The normalized spacial score (nSPS) is 14.8. The Morgan fingerprint density at radius 2 is 2.25 bits per heavy atom. The summed E-state index contributed by atoms with van der Waals surface area (Å²) in [6, 6.07) is 1.38. The van der Waals surface area contributed by atoms with Gasteiger partial charge in [-0.2, -0.15) is 0 Å². The van der Waals surface area contributed by atoms with Gasteiger partial charge in [0.05, 0.1) is 3.79 Å². The highest BCUT2D eigenvalue weighted by Gasteiger charge is 2.23. The van der Waals surface area contributed by atoms with Crippen molar-refractivity contribution in [1.29, 1.82) is 0 Å². The summed E-state index contributed by atoms with van der Waals surface area (Å²) in [6.07, 6.45) is 0.900. The van der Waals surface area contributed by atoms with Gasteiger partial charge in [0.2, 0.25) is 0 Å². The van der Waals surface area contributed by atoms with E-state index in [0.717, 1.165) is 19.6 Å². The van der Waals surface area contributed by atoms with Crippen LogP contribution in [0.4, 0.5) is 0 Å². The maximum atomic E-state index is 11.2. The smallest absolute Gasteiger partial charge is 0.326 e. The summed E-state index contributed by atoms with van der Waals surface area (Å²) in [5.74, 6) is -0.846. The molecule has 1 rings (SSSR count). The highest BCUT2D eigenvalue weighted by Crippen LogP contribution is 2.35. The van der Waals surface area contributed by atoms with Gasteiger partial charge >= 0.3 is 5.97 Å². The molecular weight excluding hydrogens is 358 g/mol. The molecule has 1 aromatic rings. The fourth-order valence-electron chi connectivity index (χ4n) is 1.18. The second-order valence-corrected chi connectivity index (χ2v) is 6.77. The van der Waals surface area contributed by atoms with E-state index in [-0.39, 0.29) is 6.04 Å². The number of carboxylic acid groups (broad SMARTS) is 1. The first kappa shape index (κ1) is 14.2. The van der Waals surface area contributed by atoms with Gasteiger partial charge in [0.25, 0.3) is 0 Å². The average Bonchev–Trinajstić information content (AvgIpc) is 2.54. The number of hydrogen-bond acceptors (Lipinski definition) is 3. The van der Waals surface area contributed by atoms with Crippen molar-refractivity contribution >= 4 is 49.2 Å². The molecule has 0 spiro atoms. The molecule has 90 valence electrons. The number of carboxylic acids is 1. The van der Waals surface area contributed by atoms with E-state index in [1.165, 1.54) is 11.3 Å². The second kappa shape index (κ2) is 6.14. The largest absolute Gasteiger partial charge is 0.480 e. The van der Waals surface area contributed by atoms with E-state index in [4.69, 9.17) is 0 Å². The van der Waals surface area contributed by atoms with E-state index in [1.807, 2.05) is 19.9 Å². The summed E-state index contributed by atoms with van der Waals surface area (Å²) >= 11 is 8.16. The van der Waals surface area contributed by atoms with E-state index >= 15 is 0 Å². The quantitative estimate of drug-likeness (QED) is 0.828. The van der Waals surface area contributed by atoms with Crippen LogP contribution in [0.2, 0.25) is 0 Å². The van der Waals surface area contributed by atoms with Crippen molar-refractivity contribution in [3.63, 3.8) is 0 Å². The van der Waals surface area contributed by atoms with Crippen molar-refractivity contribution in [3.8, 4) is 0 Å². The summed E-state index contributed by atoms with van der Waals surface area (Å²) in [5.41, 5.74) is 0. The lowest BCUT2D eigenvalue weighted by Crippen LogP contribution is -2.34. The third kappa shape index (κ3) is 3.55. The lowest BCUT2D eigenvalue weighted by atomic mass is 10.2. The Morgan fingerprint density at radius 1 is 1.62 bits per heavy atom. The molecule has 0 aromatic carbocycles. The molecule has 3 nitrogen and oxygen atoms in total. The van der Waals surface area contributed by atoms with Crippen LogP contribution in [0.1, 0.15) is 31.2 Å². The summed E-state index contributed by atoms with van der Waals surface area (Å²) in [5, 5.41) is 12.3. The molecule has 0 saturated carbocycles. The summed E-state index contributed by atoms with van der Waals surface area (Å²) in [7, 11) is 0. The summed E-state index contributed by atoms with van der Waals surface area (Å²) in [6.45, 7) is 4.00. The van der Waals surface area contributed by atoms with Gasteiger partial charge in [-0.15, -0.1) is 11.3 Å². The maximum Gasteiger partial charge on any atom is 0.326 e. The third-order valence-electron chi connectivity index (χ3n) is 2.26. The molecule has 0 amide bonds. The topological polar surface area (TPSA) is 49.3 Å². The predicted molar refractivity (Wildman–Crippen MR) is 73.0 cm³/mol. The molecule has 0 aliphatic carbocycles. The van der Waals surface area contributed by atoms with Gasteiger partial charge in [-0.25, -0.2) is 0 Å². The van der Waals surface area contributed by atoms with Gasteiger partial charge < -0.3 is 5.11 Å². The minimum Gasteiger partial charge on any atom is -0.480 e. The van der Waals surface area contributed by atoms with Gasteiger partial charge in [0.1, 0.15) is 6.04 Å². The zero-order valence-corrected chi connectivity index (χ0v) is 12.9. The molecule has 1 heterocycles. The van der Waals surface area contributed by atoms with Crippen LogP contribution in [0.5, 0.6) is 0 Å². The Balaban J connectivity index is 2.89. The number of nitrogens with one attached hydrogen (secondary N) is 1. The van der Waals surface area contributed by atoms with Gasteiger partial charge in [0.15, 0.2) is 0 Å². The van der Waals surface area contributed by atoms with Crippen LogP contribution in [-0.4, -0.2) is 17.1 Å². The molecule has 1 aromatic heterocycles. The molecule has 0 aliphatic heterocycles. The first-order valence-corrected chi connectivity index (χ1v) is 7.29. The molecule has 2 atom stereocenters. The zero-order valence-electron chi connectivity index (χ0n) is 8.96. The zero-order chi connectivity index (χ0) is 12.3. The number of carbonyl (C=O) groups is 1. The fourth-order valence-corrected chi connectivity index (χ4v) is 3.33. The van der Waals surface area contributed by atoms with E-state index in [0.29, 0.717) is 0 Å². The monoisotopic (exact) mass is 369 g/mol. The molecule has 0 bridgehead atoms. The van der Waals surface area contributed by atoms with E-state index in [1.54, 1.807) is 0 Å². The number of halogens is 2. The Labute approximate surface area is 116 Å². The third-order valence-corrected chi connectivity index (χ3v) is 5.58. The molecule has 0 saturated heterocycles.